The molecule has 4 heteroatoms. The number of nitrogens with zero attached hydrogens (tertiary/aromatic N) is 1. The van der Waals surface area contributed by atoms with Crippen LogP contribution in [0.4, 0.5) is 5.69 Å². The minimum Gasteiger partial charge on any atom is -0.497 e. The number of piperidine rings is 1. The Hall–Kier alpha value is -1.42. The van der Waals surface area contributed by atoms with Crippen molar-refractivity contribution < 1.29 is 9.47 Å². The topological polar surface area (TPSA) is 33.7 Å². The number of benzene rings is 1. The van der Waals surface area contributed by atoms with Crippen LogP contribution < -0.4 is 19.7 Å². The van der Waals surface area contributed by atoms with Gasteiger partial charge in [0, 0.05) is 25.2 Å². The highest BCUT2D eigenvalue weighted by Crippen LogP contribution is 2.36. The zero-order chi connectivity index (χ0) is 13.2. The van der Waals surface area contributed by atoms with Crippen molar-refractivity contribution in [3.8, 4) is 11.5 Å². The fourth-order valence-electron chi connectivity index (χ4n) is 3.31. The van der Waals surface area contributed by atoms with Gasteiger partial charge < -0.3 is 19.7 Å². The maximum Gasteiger partial charge on any atom is 0.145 e. The molecule has 1 aromatic rings. The molecule has 2 aliphatic heterocycles. The van der Waals surface area contributed by atoms with Crippen molar-refractivity contribution in [3.63, 3.8) is 0 Å². The lowest BCUT2D eigenvalue weighted by molar-refractivity contribution is 0.367. The molecule has 4 nitrogen and oxygen atoms in total. The second-order valence-corrected chi connectivity index (χ2v) is 5.38. The molecule has 2 fully saturated rings. The number of rotatable bonds is 3. The molecule has 3 rings (SSSR count). The Bertz CT molecular complexity index is 450. The van der Waals surface area contributed by atoms with Gasteiger partial charge in [0.25, 0.3) is 0 Å². The van der Waals surface area contributed by atoms with Crippen LogP contribution in [-0.4, -0.2) is 39.9 Å². The second kappa shape index (κ2) is 5.29. The zero-order valence-electron chi connectivity index (χ0n) is 11.7. The predicted octanol–water partition coefficient (Wildman–Crippen LogP) is 1.89. The number of hydrogen-bond acceptors (Lipinski definition) is 4. The summed E-state index contributed by atoms with van der Waals surface area (Å²) in [6.07, 6.45) is 2.51. The molecule has 1 N–H and O–H groups in total. The highest BCUT2D eigenvalue weighted by Gasteiger charge is 2.33. The van der Waals surface area contributed by atoms with Gasteiger partial charge in [-0.2, -0.15) is 0 Å². The van der Waals surface area contributed by atoms with E-state index >= 15 is 0 Å². The number of ether oxygens (including phenoxy) is 2. The average Bonchev–Trinajstić information content (AvgIpc) is 2.93. The van der Waals surface area contributed by atoms with Gasteiger partial charge in [0.2, 0.25) is 0 Å². The van der Waals surface area contributed by atoms with Crippen LogP contribution in [0.25, 0.3) is 0 Å². The first-order valence-electron chi connectivity index (χ1n) is 7.02. The third kappa shape index (κ3) is 2.37. The number of hydrogen-bond donors (Lipinski definition) is 1. The summed E-state index contributed by atoms with van der Waals surface area (Å²) in [6, 6.07) is 6.81. The highest BCUT2D eigenvalue weighted by molar-refractivity contribution is 5.61. The second-order valence-electron chi connectivity index (χ2n) is 5.38. The molecule has 0 saturated carbocycles. The first-order valence-corrected chi connectivity index (χ1v) is 7.02. The van der Waals surface area contributed by atoms with Gasteiger partial charge in [0.05, 0.1) is 19.9 Å². The number of fused-ring (bicyclic) bond motifs is 1. The van der Waals surface area contributed by atoms with Crippen LogP contribution in [0.2, 0.25) is 0 Å². The molecule has 2 aliphatic rings. The largest absolute Gasteiger partial charge is 0.497 e. The molecule has 2 unspecified atom stereocenters. The molecule has 19 heavy (non-hydrogen) atoms. The molecular weight excluding hydrogens is 240 g/mol. The van der Waals surface area contributed by atoms with Crippen molar-refractivity contribution in [3.05, 3.63) is 18.2 Å². The number of nitrogens with one attached hydrogen (secondary N) is 1. The standard InChI is InChI=1S/C15H22N2O2/c1-18-12-3-4-14(15(9-12)19-2)17-8-6-13-11(10-17)5-7-16-13/h3-4,9,11,13,16H,5-8,10H2,1-2H3. The van der Waals surface area contributed by atoms with Crippen LogP contribution in [0.5, 0.6) is 11.5 Å². The quantitative estimate of drug-likeness (QED) is 0.902. The fraction of sp³-hybridized carbons (Fsp3) is 0.600. The monoisotopic (exact) mass is 262 g/mol. The number of anilines is 1. The van der Waals surface area contributed by atoms with Gasteiger partial charge in [-0.1, -0.05) is 0 Å². The van der Waals surface area contributed by atoms with E-state index < -0.39 is 0 Å². The molecule has 0 aromatic heterocycles. The van der Waals surface area contributed by atoms with Crippen molar-refractivity contribution in [1.29, 1.82) is 0 Å². The number of methoxy groups -OCH3 is 2. The summed E-state index contributed by atoms with van der Waals surface area (Å²) in [5.74, 6) is 2.53. The summed E-state index contributed by atoms with van der Waals surface area (Å²) >= 11 is 0. The lowest BCUT2D eigenvalue weighted by Crippen LogP contribution is -2.44. The van der Waals surface area contributed by atoms with Crippen LogP contribution in [0, 0.1) is 5.92 Å². The van der Waals surface area contributed by atoms with E-state index in [0.29, 0.717) is 0 Å². The Morgan fingerprint density at radius 3 is 2.89 bits per heavy atom. The maximum absolute atomic E-state index is 5.52. The summed E-state index contributed by atoms with van der Waals surface area (Å²) < 4.78 is 10.8. The minimum atomic E-state index is 0.723. The Morgan fingerprint density at radius 1 is 1.21 bits per heavy atom. The van der Waals surface area contributed by atoms with Gasteiger partial charge in [0.15, 0.2) is 0 Å². The van der Waals surface area contributed by atoms with E-state index in [9.17, 15) is 0 Å². The Kier molecular flexibility index (Phi) is 3.51. The summed E-state index contributed by atoms with van der Waals surface area (Å²) in [5.41, 5.74) is 1.19. The summed E-state index contributed by atoms with van der Waals surface area (Å²) in [6.45, 7) is 3.39. The third-order valence-electron chi connectivity index (χ3n) is 4.38. The minimum absolute atomic E-state index is 0.723. The molecule has 0 radical (unpaired) electrons. The highest BCUT2D eigenvalue weighted by atomic mass is 16.5. The smallest absolute Gasteiger partial charge is 0.145 e. The van der Waals surface area contributed by atoms with Gasteiger partial charge in [-0.15, -0.1) is 0 Å². The third-order valence-corrected chi connectivity index (χ3v) is 4.38. The Morgan fingerprint density at radius 2 is 2.11 bits per heavy atom. The molecule has 104 valence electrons. The van der Waals surface area contributed by atoms with Gasteiger partial charge >= 0.3 is 0 Å². The molecular formula is C15H22N2O2. The zero-order valence-corrected chi connectivity index (χ0v) is 11.7. The van der Waals surface area contributed by atoms with E-state index in [0.717, 1.165) is 36.5 Å². The van der Waals surface area contributed by atoms with Gasteiger partial charge in [-0.05, 0) is 37.4 Å². The van der Waals surface area contributed by atoms with Crippen LogP contribution in [0.3, 0.4) is 0 Å². The molecule has 0 spiro atoms. The van der Waals surface area contributed by atoms with E-state index in [1.54, 1.807) is 14.2 Å². The van der Waals surface area contributed by atoms with Crippen molar-refractivity contribution >= 4 is 5.69 Å². The van der Waals surface area contributed by atoms with E-state index in [1.807, 2.05) is 12.1 Å². The van der Waals surface area contributed by atoms with Crippen LogP contribution in [0.15, 0.2) is 18.2 Å². The molecule has 0 amide bonds. The van der Waals surface area contributed by atoms with Gasteiger partial charge in [-0.3, -0.25) is 0 Å². The van der Waals surface area contributed by atoms with E-state index in [-0.39, 0.29) is 0 Å². The SMILES string of the molecule is COc1ccc(N2CCC3NCCC3C2)c(OC)c1. The lowest BCUT2D eigenvalue weighted by atomic mass is 9.93. The van der Waals surface area contributed by atoms with Crippen LogP contribution >= 0.6 is 0 Å². The summed E-state index contributed by atoms with van der Waals surface area (Å²) in [7, 11) is 3.41. The summed E-state index contributed by atoms with van der Waals surface area (Å²) in [5, 5.41) is 3.60. The Labute approximate surface area is 114 Å². The van der Waals surface area contributed by atoms with Crippen molar-refractivity contribution in [1.82, 2.24) is 5.32 Å². The molecule has 2 atom stereocenters. The lowest BCUT2D eigenvalue weighted by Gasteiger charge is -2.37. The molecule has 0 aliphatic carbocycles. The van der Waals surface area contributed by atoms with E-state index in [1.165, 1.54) is 25.1 Å². The van der Waals surface area contributed by atoms with E-state index in [4.69, 9.17) is 9.47 Å². The predicted molar refractivity (Wildman–Crippen MR) is 76.3 cm³/mol. The van der Waals surface area contributed by atoms with Crippen molar-refractivity contribution in [2.75, 3.05) is 38.8 Å². The maximum atomic E-state index is 5.52. The molecule has 0 bridgehead atoms. The van der Waals surface area contributed by atoms with Crippen molar-refractivity contribution in [2.45, 2.75) is 18.9 Å². The normalized spacial score (nSPS) is 26.1. The fourth-order valence-corrected chi connectivity index (χ4v) is 3.31. The first kappa shape index (κ1) is 12.6. The average molecular weight is 262 g/mol. The van der Waals surface area contributed by atoms with E-state index in [2.05, 4.69) is 16.3 Å². The molecule has 2 heterocycles. The van der Waals surface area contributed by atoms with Crippen molar-refractivity contribution in [2.24, 2.45) is 5.92 Å². The van der Waals surface area contributed by atoms with Gasteiger partial charge in [-0.25, -0.2) is 0 Å². The van der Waals surface area contributed by atoms with Crippen LogP contribution in [0.1, 0.15) is 12.8 Å². The molecule has 1 aromatic carbocycles. The van der Waals surface area contributed by atoms with Gasteiger partial charge in [0.1, 0.15) is 11.5 Å². The van der Waals surface area contributed by atoms with Crippen LogP contribution in [-0.2, 0) is 0 Å². The molecule has 2 saturated heterocycles. The first-order chi connectivity index (χ1) is 9.31. The summed E-state index contributed by atoms with van der Waals surface area (Å²) in [4.78, 5) is 2.45. The Balaban J connectivity index is 1.81.